The molecule has 2 aromatic rings. The molecule has 1 amide bonds. The van der Waals surface area contributed by atoms with E-state index in [4.69, 9.17) is 9.15 Å². The highest BCUT2D eigenvalue weighted by Gasteiger charge is 2.59. The van der Waals surface area contributed by atoms with Gasteiger partial charge in [-0.15, -0.1) is 0 Å². The van der Waals surface area contributed by atoms with Crippen molar-refractivity contribution in [2.75, 3.05) is 39.3 Å². The molecule has 1 fully saturated rings. The molecule has 0 spiro atoms. The molecule has 12 heteroatoms. The number of nitrogens with one attached hydrogen (secondary N) is 1. The van der Waals surface area contributed by atoms with Crippen LogP contribution >= 0.6 is 0 Å². The summed E-state index contributed by atoms with van der Waals surface area (Å²) < 4.78 is 63.9. The Balaban J connectivity index is 1.23. The van der Waals surface area contributed by atoms with Crippen molar-refractivity contribution in [1.29, 1.82) is 0 Å². The maximum atomic E-state index is 14.5. The minimum absolute atomic E-state index is 0.133. The highest BCUT2D eigenvalue weighted by molar-refractivity contribution is 5.98. The van der Waals surface area contributed by atoms with Crippen LogP contribution in [-0.2, 0) is 4.74 Å². The number of hydrogen-bond donors (Lipinski definition) is 1. The van der Waals surface area contributed by atoms with Gasteiger partial charge >= 0.3 is 18.0 Å². The minimum Gasteiger partial charge on any atom is -0.449 e. The van der Waals surface area contributed by atoms with Crippen molar-refractivity contribution in [2.24, 2.45) is 5.92 Å². The maximum absolute atomic E-state index is 14.5. The van der Waals surface area contributed by atoms with Gasteiger partial charge < -0.3 is 14.1 Å². The zero-order valence-corrected chi connectivity index (χ0v) is 18.5. The lowest BCUT2D eigenvalue weighted by Gasteiger charge is -2.35. The summed E-state index contributed by atoms with van der Waals surface area (Å²) in [5.41, 5.74) is -2.38. The quantitative estimate of drug-likeness (QED) is 0.485. The van der Waals surface area contributed by atoms with Crippen molar-refractivity contribution >= 4 is 23.0 Å². The average molecular weight is 497 g/mol. The topological polar surface area (TPSA) is 95.9 Å². The van der Waals surface area contributed by atoms with Crippen molar-refractivity contribution in [3.63, 3.8) is 0 Å². The SMILES string of the molecule is O=C(CCN1CCN(C(=O)OCC2C=CC=CC2(F)C(F)(F)F)CC1)c1ccc2[nH]c(=O)oc2c1. The predicted molar refractivity (Wildman–Crippen MR) is 117 cm³/mol. The number of H-pyrrole nitrogens is 1. The number of hydrogen-bond acceptors (Lipinski definition) is 6. The lowest BCUT2D eigenvalue weighted by Crippen LogP contribution is -2.51. The van der Waals surface area contributed by atoms with Gasteiger partial charge in [-0.1, -0.05) is 18.2 Å². The van der Waals surface area contributed by atoms with Crippen LogP contribution in [0.15, 0.2) is 51.7 Å². The molecule has 2 aliphatic rings. The van der Waals surface area contributed by atoms with Crippen molar-refractivity contribution in [2.45, 2.75) is 18.3 Å². The minimum atomic E-state index is -5.13. The number of halogens is 4. The first kappa shape index (κ1) is 24.7. The first-order chi connectivity index (χ1) is 16.6. The van der Waals surface area contributed by atoms with Crippen LogP contribution in [0.4, 0.5) is 22.4 Å². The van der Waals surface area contributed by atoms with Crippen molar-refractivity contribution < 1.29 is 36.3 Å². The van der Waals surface area contributed by atoms with E-state index in [9.17, 15) is 31.9 Å². The van der Waals surface area contributed by atoms with Crippen LogP contribution in [0.25, 0.3) is 11.1 Å². The fourth-order valence-corrected chi connectivity index (χ4v) is 4.07. The standard InChI is InChI=1S/C23H23F4N3O5/c24-22(23(25,26)27)7-2-1-3-16(22)14-34-21(33)30-11-9-29(10-12-30)8-6-18(31)15-4-5-17-19(13-15)35-20(32)28-17/h1-5,7,13,16H,6,8-12,14H2,(H,28,32). The summed E-state index contributed by atoms with van der Waals surface area (Å²) in [7, 11) is 0. The number of amides is 1. The second-order valence-corrected chi connectivity index (χ2v) is 8.42. The number of oxazole rings is 1. The molecule has 0 radical (unpaired) electrons. The molecule has 2 heterocycles. The van der Waals surface area contributed by atoms with Crippen molar-refractivity contribution in [3.05, 3.63) is 58.6 Å². The van der Waals surface area contributed by atoms with E-state index in [1.54, 1.807) is 12.1 Å². The van der Waals surface area contributed by atoms with E-state index in [1.165, 1.54) is 17.0 Å². The number of aromatic amines is 1. The van der Waals surface area contributed by atoms with E-state index in [0.717, 1.165) is 12.2 Å². The molecule has 35 heavy (non-hydrogen) atoms. The molecule has 8 nitrogen and oxygen atoms in total. The molecule has 1 aliphatic heterocycles. The predicted octanol–water partition coefficient (Wildman–Crippen LogP) is 3.46. The summed E-state index contributed by atoms with van der Waals surface area (Å²) in [6, 6.07) is 4.71. The number of nitrogens with zero attached hydrogens (tertiary/aromatic N) is 2. The molecule has 1 aliphatic carbocycles. The fraction of sp³-hybridized carbons (Fsp3) is 0.435. The smallest absolute Gasteiger partial charge is 0.426 e. The number of Topliss-reactive ketones (excluding diaryl/α,β-unsaturated/α-hetero) is 1. The summed E-state index contributed by atoms with van der Waals surface area (Å²) in [5, 5.41) is 0. The Hall–Kier alpha value is -3.41. The Morgan fingerprint density at radius 1 is 1.17 bits per heavy atom. The Kier molecular flexibility index (Phi) is 6.84. The third kappa shape index (κ3) is 5.31. The Labute approximate surface area is 196 Å². The van der Waals surface area contributed by atoms with Crippen LogP contribution in [0.5, 0.6) is 0 Å². The van der Waals surface area contributed by atoms with Gasteiger partial charge in [0, 0.05) is 44.7 Å². The summed E-state index contributed by atoms with van der Waals surface area (Å²) >= 11 is 0. The molecule has 0 bridgehead atoms. The maximum Gasteiger partial charge on any atom is 0.426 e. The van der Waals surface area contributed by atoms with Gasteiger partial charge in [0.05, 0.1) is 11.4 Å². The number of aromatic nitrogens is 1. The molecule has 1 aromatic carbocycles. The largest absolute Gasteiger partial charge is 0.449 e. The van der Waals surface area contributed by atoms with Gasteiger partial charge in [-0.2, -0.15) is 13.2 Å². The number of rotatable bonds is 6. The van der Waals surface area contributed by atoms with Gasteiger partial charge in [0.1, 0.15) is 6.61 Å². The Bertz CT molecular complexity index is 1210. The lowest BCUT2D eigenvalue weighted by atomic mass is 9.85. The first-order valence-electron chi connectivity index (χ1n) is 11.0. The number of benzene rings is 1. The second kappa shape index (κ2) is 9.68. The summed E-state index contributed by atoms with van der Waals surface area (Å²) in [4.78, 5) is 41.9. The third-order valence-electron chi connectivity index (χ3n) is 6.18. The molecule has 0 saturated carbocycles. The zero-order chi connectivity index (χ0) is 25.2. The third-order valence-corrected chi connectivity index (χ3v) is 6.18. The molecule has 4 rings (SSSR count). The molecule has 2 unspecified atom stereocenters. The highest BCUT2D eigenvalue weighted by Crippen LogP contribution is 2.43. The highest BCUT2D eigenvalue weighted by atomic mass is 19.4. The number of fused-ring (bicyclic) bond motifs is 1. The van der Waals surface area contributed by atoms with Gasteiger partial charge in [-0.05, 0) is 24.3 Å². The molecule has 1 N–H and O–H groups in total. The number of ether oxygens (including phenoxy) is 1. The Morgan fingerprint density at radius 2 is 1.91 bits per heavy atom. The average Bonchev–Trinajstić information content (AvgIpc) is 3.20. The normalized spacial score (nSPS) is 23.1. The number of alkyl halides is 4. The van der Waals surface area contributed by atoms with E-state index in [0.29, 0.717) is 42.4 Å². The van der Waals surface area contributed by atoms with Gasteiger partial charge in [-0.3, -0.25) is 14.7 Å². The summed E-state index contributed by atoms with van der Waals surface area (Å²) in [6.45, 7) is 1.09. The summed E-state index contributed by atoms with van der Waals surface area (Å²) in [5.74, 6) is -2.40. The molecule has 188 valence electrons. The van der Waals surface area contributed by atoms with Crippen LogP contribution in [-0.4, -0.2) is 77.8 Å². The first-order valence-corrected chi connectivity index (χ1v) is 11.0. The molecule has 1 saturated heterocycles. The monoisotopic (exact) mass is 497 g/mol. The summed E-state index contributed by atoms with van der Waals surface area (Å²) in [6.07, 6.45) is -2.00. The van der Waals surface area contributed by atoms with Crippen molar-refractivity contribution in [1.82, 2.24) is 14.8 Å². The van der Waals surface area contributed by atoms with Gasteiger partial charge in [0.2, 0.25) is 5.67 Å². The number of piperazine rings is 1. The molecular weight excluding hydrogens is 474 g/mol. The van der Waals surface area contributed by atoms with Gasteiger partial charge in [0.15, 0.2) is 11.4 Å². The number of carbonyl (C=O) groups is 2. The van der Waals surface area contributed by atoms with Crippen LogP contribution in [0.1, 0.15) is 16.8 Å². The van der Waals surface area contributed by atoms with Crippen molar-refractivity contribution in [3.8, 4) is 0 Å². The van der Waals surface area contributed by atoms with E-state index >= 15 is 0 Å². The lowest BCUT2D eigenvalue weighted by molar-refractivity contribution is -0.227. The van der Waals surface area contributed by atoms with Crippen LogP contribution in [0.2, 0.25) is 0 Å². The zero-order valence-electron chi connectivity index (χ0n) is 18.5. The second-order valence-electron chi connectivity index (χ2n) is 8.42. The molecule has 2 atom stereocenters. The van der Waals surface area contributed by atoms with E-state index in [-0.39, 0.29) is 25.3 Å². The number of carbonyl (C=O) groups excluding carboxylic acids is 2. The van der Waals surface area contributed by atoms with Gasteiger partial charge in [-0.25, -0.2) is 14.0 Å². The van der Waals surface area contributed by atoms with Gasteiger partial charge in [0.25, 0.3) is 0 Å². The van der Waals surface area contributed by atoms with Crippen LogP contribution < -0.4 is 5.76 Å². The number of allylic oxidation sites excluding steroid dienone is 3. The van der Waals surface area contributed by atoms with E-state index in [2.05, 4.69) is 4.98 Å². The fourth-order valence-electron chi connectivity index (χ4n) is 4.07. The van der Waals surface area contributed by atoms with E-state index in [1.807, 2.05) is 4.90 Å². The Morgan fingerprint density at radius 3 is 2.63 bits per heavy atom. The molecule has 1 aromatic heterocycles. The van der Waals surface area contributed by atoms with E-state index < -0.39 is 36.2 Å². The van der Waals surface area contributed by atoms with Crippen LogP contribution in [0.3, 0.4) is 0 Å². The number of ketones is 1. The molecular formula is C23H23F4N3O5. The van der Waals surface area contributed by atoms with Crippen LogP contribution in [0, 0.1) is 5.92 Å².